The second kappa shape index (κ2) is 6.52. The highest BCUT2D eigenvalue weighted by atomic mass is 16.5. The lowest BCUT2D eigenvalue weighted by Gasteiger charge is -2.03. The van der Waals surface area contributed by atoms with Crippen LogP contribution >= 0.6 is 0 Å². The van der Waals surface area contributed by atoms with Crippen LogP contribution in [-0.4, -0.2) is 18.6 Å². The maximum atomic E-state index is 5.82. The van der Waals surface area contributed by atoms with Crippen molar-refractivity contribution in [1.82, 2.24) is 4.98 Å². The Bertz CT molecular complexity index is 747. The van der Waals surface area contributed by atoms with Gasteiger partial charge in [-0.05, 0) is 42.8 Å². The van der Waals surface area contributed by atoms with Crippen molar-refractivity contribution >= 4 is 16.8 Å². The molecule has 0 spiro atoms. The Morgan fingerprint density at radius 2 is 1.95 bits per heavy atom. The molecule has 4 heteroatoms. The molecule has 3 rings (SSSR count). The number of ether oxygens (including phenoxy) is 1. The third kappa shape index (κ3) is 3.06. The third-order valence-electron chi connectivity index (χ3n) is 3.55. The number of hydrogen-bond acceptors (Lipinski definition) is 4. The van der Waals surface area contributed by atoms with Gasteiger partial charge in [0.1, 0.15) is 11.3 Å². The normalized spacial score (nSPS) is 10.8. The van der Waals surface area contributed by atoms with Crippen LogP contribution in [-0.2, 0) is 0 Å². The van der Waals surface area contributed by atoms with Gasteiger partial charge < -0.3 is 14.5 Å². The molecule has 3 aromatic rings. The fraction of sp³-hybridized carbons (Fsp3) is 0.278. The highest BCUT2D eigenvalue weighted by Crippen LogP contribution is 2.27. The fourth-order valence-corrected chi connectivity index (χ4v) is 2.23. The van der Waals surface area contributed by atoms with Crippen LogP contribution in [0.1, 0.15) is 19.8 Å². The molecule has 0 aliphatic heterocycles. The molecule has 4 nitrogen and oxygen atoms in total. The number of unbranched alkanes of at least 4 members (excludes halogenated alkanes) is 1. The summed E-state index contributed by atoms with van der Waals surface area (Å²) in [6.07, 6.45) is 2.18. The zero-order chi connectivity index (χ0) is 15.4. The molecule has 0 amide bonds. The molecule has 0 saturated carbocycles. The average Bonchev–Trinajstić information content (AvgIpc) is 2.98. The van der Waals surface area contributed by atoms with Gasteiger partial charge in [0.25, 0.3) is 0 Å². The predicted octanol–water partition coefficient (Wildman–Crippen LogP) is 4.72. The molecule has 22 heavy (non-hydrogen) atoms. The van der Waals surface area contributed by atoms with Gasteiger partial charge in [0.2, 0.25) is 5.89 Å². The van der Waals surface area contributed by atoms with Crippen molar-refractivity contribution in [2.24, 2.45) is 0 Å². The van der Waals surface area contributed by atoms with Crippen molar-refractivity contribution in [2.45, 2.75) is 19.8 Å². The van der Waals surface area contributed by atoms with E-state index in [-0.39, 0.29) is 0 Å². The van der Waals surface area contributed by atoms with E-state index in [4.69, 9.17) is 9.15 Å². The van der Waals surface area contributed by atoms with E-state index < -0.39 is 0 Å². The molecule has 0 aliphatic rings. The number of hydrogen-bond donors (Lipinski definition) is 1. The van der Waals surface area contributed by atoms with Crippen LogP contribution in [0.4, 0.5) is 5.69 Å². The Morgan fingerprint density at radius 1 is 1.14 bits per heavy atom. The Morgan fingerprint density at radius 3 is 2.68 bits per heavy atom. The molecule has 0 bridgehead atoms. The van der Waals surface area contributed by atoms with Gasteiger partial charge >= 0.3 is 0 Å². The van der Waals surface area contributed by atoms with Crippen LogP contribution in [0.3, 0.4) is 0 Å². The number of nitrogens with one attached hydrogen (secondary N) is 1. The molecule has 1 heterocycles. The summed E-state index contributed by atoms with van der Waals surface area (Å²) >= 11 is 0. The van der Waals surface area contributed by atoms with Crippen molar-refractivity contribution in [3.63, 3.8) is 0 Å². The number of fused-ring (bicyclic) bond motifs is 1. The van der Waals surface area contributed by atoms with Crippen molar-refractivity contribution in [3.8, 4) is 17.2 Å². The molecule has 0 saturated heterocycles. The number of aromatic nitrogens is 1. The Kier molecular flexibility index (Phi) is 4.28. The SMILES string of the molecule is CCCCOc1ccc2oc(-c3ccc(NC)cc3)nc2c1. The molecule has 114 valence electrons. The Balaban J connectivity index is 1.85. The molecular weight excluding hydrogens is 276 g/mol. The molecule has 1 N–H and O–H groups in total. The van der Waals surface area contributed by atoms with E-state index in [1.165, 1.54) is 0 Å². The zero-order valence-corrected chi connectivity index (χ0v) is 12.9. The second-order valence-electron chi connectivity index (χ2n) is 5.18. The summed E-state index contributed by atoms with van der Waals surface area (Å²) in [5.74, 6) is 1.47. The number of benzene rings is 2. The monoisotopic (exact) mass is 296 g/mol. The van der Waals surface area contributed by atoms with Crippen LogP contribution in [0, 0.1) is 0 Å². The first-order valence-electron chi connectivity index (χ1n) is 7.61. The van der Waals surface area contributed by atoms with Gasteiger partial charge in [-0.3, -0.25) is 0 Å². The topological polar surface area (TPSA) is 47.3 Å². The number of anilines is 1. The van der Waals surface area contributed by atoms with Gasteiger partial charge in [0, 0.05) is 24.4 Å². The molecular formula is C18H20N2O2. The smallest absolute Gasteiger partial charge is 0.227 e. The largest absolute Gasteiger partial charge is 0.494 e. The minimum absolute atomic E-state index is 0.628. The lowest BCUT2D eigenvalue weighted by Crippen LogP contribution is -1.95. The summed E-state index contributed by atoms with van der Waals surface area (Å²) in [7, 11) is 1.90. The van der Waals surface area contributed by atoms with E-state index in [9.17, 15) is 0 Å². The van der Waals surface area contributed by atoms with Gasteiger partial charge in [-0.25, -0.2) is 4.98 Å². The van der Waals surface area contributed by atoms with Gasteiger partial charge in [0.05, 0.1) is 6.61 Å². The summed E-state index contributed by atoms with van der Waals surface area (Å²) in [6.45, 7) is 2.88. The maximum absolute atomic E-state index is 5.82. The molecule has 2 aromatic carbocycles. The van der Waals surface area contributed by atoms with E-state index >= 15 is 0 Å². The Hall–Kier alpha value is -2.49. The molecule has 0 unspecified atom stereocenters. The van der Waals surface area contributed by atoms with Gasteiger partial charge in [-0.2, -0.15) is 0 Å². The molecule has 0 atom stereocenters. The standard InChI is InChI=1S/C18H20N2O2/c1-3-4-11-21-15-9-10-17-16(12-15)20-18(22-17)13-5-7-14(19-2)8-6-13/h5-10,12,19H,3-4,11H2,1-2H3. The number of oxazole rings is 1. The first-order valence-corrected chi connectivity index (χ1v) is 7.61. The molecule has 0 aliphatic carbocycles. The van der Waals surface area contributed by atoms with Crippen molar-refractivity contribution in [3.05, 3.63) is 42.5 Å². The first-order chi connectivity index (χ1) is 10.8. The quantitative estimate of drug-likeness (QED) is 0.669. The lowest BCUT2D eigenvalue weighted by molar-refractivity contribution is 0.309. The van der Waals surface area contributed by atoms with Gasteiger partial charge in [-0.1, -0.05) is 13.3 Å². The van der Waals surface area contributed by atoms with E-state index in [0.717, 1.165) is 47.5 Å². The average molecular weight is 296 g/mol. The Labute approximate surface area is 130 Å². The fourth-order valence-electron chi connectivity index (χ4n) is 2.23. The third-order valence-corrected chi connectivity index (χ3v) is 3.55. The van der Waals surface area contributed by atoms with E-state index in [1.807, 2.05) is 49.5 Å². The number of nitrogens with zero attached hydrogens (tertiary/aromatic N) is 1. The van der Waals surface area contributed by atoms with Crippen molar-refractivity contribution in [2.75, 3.05) is 19.0 Å². The lowest BCUT2D eigenvalue weighted by atomic mass is 10.2. The van der Waals surface area contributed by atoms with Crippen molar-refractivity contribution in [1.29, 1.82) is 0 Å². The summed E-state index contributed by atoms with van der Waals surface area (Å²) in [6, 6.07) is 13.8. The van der Waals surface area contributed by atoms with Crippen molar-refractivity contribution < 1.29 is 9.15 Å². The maximum Gasteiger partial charge on any atom is 0.227 e. The van der Waals surface area contributed by atoms with Crippen LogP contribution in [0.15, 0.2) is 46.9 Å². The second-order valence-corrected chi connectivity index (χ2v) is 5.18. The van der Waals surface area contributed by atoms with E-state index in [0.29, 0.717) is 5.89 Å². The molecule has 0 radical (unpaired) electrons. The summed E-state index contributed by atoms with van der Waals surface area (Å²) < 4.78 is 11.5. The van der Waals surface area contributed by atoms with Crippen LogP contribution in [0.2, 0.25) is 0 Å². The zero-order valence-electron chi connectivity index (χ0n) is 12.9. The highest BCUT2D eigenvalue weighted by Gasteiger charge is 2.09. The van der Waals surface area contributed by atoms with Crippen LogP contribution < -0.4 is 10.1 Å². The van der Waals surface area contributed by atoms with Gasteiger partial charge in [-0.15, -0.1) is 0 Å². The summed E-state index contributed by atoms with van der Waals surface area (Å²) in [5, 5.41) is 3.10. The van der Waals surface area contributed by atoms with E-state index in [1.54, 1.807) is 0 Å². The molecule has 0 fully saturated rings. The minimum atomic E-state index is 0.628. The van der Waals surface area contributed by atoms with E-state index in [2.05, 4.69) is 17.2 Å². The van der Waals surface area contributed by atoms with Crippen LogP contribution in [0.5, 0.6) is 5.75 Å². The van der Waals surface area contributed by atoms with Crippen LogP contribution in [0.25, 0.3) is 22.6 Å². The number of rotatable bonds is 6. The predicted molar refractivity (Wildman–Crippen MR) is 89.4 cm³/mol. The summed E-state index contributed by atoms with van der Waals surface area (Å²) in [5.41, 5.74) is 3.62. The minimum Gasteiger partial charge on any atom is -0.494 e. The highest BCUT2D eigenvalue weighted by molar-refractivity contribution is 5.78. The summed E-state index contributed by atoms with van der Waals surface area (Å²) in [4.78, 5) is 4.56. The first kappa shape index (κ1) is 14.4. The van der Waals surface area contributed by atoms with Gasteiger partial charge in [0.15, 0.2) is 5.58 Å². The molecule has 1 aromatic heterocycles.